The third-order valence-corrected chi connectivity index (χ3v) is 3.80. The Bertz CT molecular complexity index is 380. The van der Waals surface area contributed by atoms with E-state index in [4.69, 9.17) is 0 Å². The second kappa shape index (κ2) is 9.74. The van der Waals surface area contributed by atoms with Crippen molar-refractivity contribution in [2.24, 2.45) is 0 Å². The molecule has 2 atom stereocenters. The van der Waals surface area contributed by atoms with Crippen molar-refractivity contribution < 1.29 is 19.7 Å². The van der Waals surface area contributed by atoms with Crippen LogP contribution in [0.2, 0.25) is 0 Å². The van der Waals surface area contributed by atoms with E-state index in [9.17, 15) is 15.0 Å². The van der Waals surface area contributed by atoms with E-state index >= 15 is 0 Å². The first kappa shape index (κ1) is 19.9. The van der Waals surface area contributed by atoms with Gasteiger partial charge in [0, 0.05) is 6.08 Å². The fraction of sp³-hybridized carbons (Fsp3) is 0.706. The average molecular weight is 298 g/mol. The fourth-order valence-corrected chi connectivity index (χ4v) is 1.93. The van der Waals surface area contributed by atoms with Crippen LogP contribution in [0.3, 0.4) is 0 Å². The molecule has 0 aromatic rings. The molecule has 0 rings (SSSR count). The van der Waals surface area contributed by atoms with E-state index in [1.165, 1.54) is 18.8 Å². The molecule has 0 heterocycles. The van der Waals surface area contributed by atoms with Crippen molar-refractivity contribution in [1.29, 1.82) is 0 Å². The highest BCUT2D eigenvalue weighted by atomic mass is 16.5. The zero-order chi connectivity index (χ0) is 16.5. The van der Waals surface area contributed by atoms with Crippen LogP contribution >= 0.6 is 0 Å². The number of hydrogen-bond acceptors (Lipinski definition) is 4. The molecule has 0 saturated heterocycles. The van der Waals surface area contributed by atoms with E-state index in [-0.39, 0.29) is 0 Å². The number of aliphatic hydroxyl groups excluding tert-OH is 1. The van der Waals surface area contributed by atoms with Gasteiger partial charge in [0.15, 0.2) is 0 Å². The number of esters is 1. The summed E-state index contributed by atoms with van der Waals surface area (Å²) in [6.45, 7) is 7.62. The highest BCUT2D eigenvalue weighted by Crippen LogP contribution is 2.23. The van der Waals surface area contributed by atoms with Gasteiger partial charge in [-0.15, -0.1) is 0 Å². The van der Waals surface area contributed by atoms with Crippen LogP contribution in [0.25, 0.3) is 0 Å². The van der Waals surface area contributed by atoms with Gasteiger partial charge in [0.25, 0.3) is 0 Å². The maximum absolute atomic E-state index is 11.1. The Morgan fingerprint density at radius 2 is 1.95 bits per heavy atom. The summed E-state index contributed by atoms with van der Waals surface area (Å²) >= 11 is 0. The predicted octanol–water partition coefficient (Wildman–Crippen LogP) is 3.13. The van der Waals surface area contributed by atoms with E-state index in [0.29, 0.717) is 19.3 Å². The second-order valence-electron chi connectivity index (χ2n) is 5.87. The lowest BCUT2D eigenvalue weighted by Crippen LogP contribution is -2.39. The van der Waals surface area contributed by atoms with Crippen LogP contribution < -0.4 is 0 Å². The number of methoxy groups -OCH3 is 1. The van der Waals surface area contributed by atoms with Crippen LogP contribution in [0.4, 0.5) is 0 Å². The summed E-state index contributed by atoms with van der Waals surface area (Å²) in [7, 11) is 1.33. The van der Waals surface area contributed by atoms with Gasteiger partial charge in [0.05, 0.1) is 18.8 Å². The second-order valence-corrected chi connectivity index (χ2v) is 5.87. The molecule has 0 fully saturated rings. The number of ether oxygens (including phenoxy) is 1. The molecular formula is C17H30O4. The largest absolute Gasteiger partial charge is 0.466 e. The van der Waals surface area contributed by atoms with Crippen LogP contribution in [-0.2, 0) is 9.53 Å². The van der Waals surface area contributed by atoms with E-state index in [0.717, 1.165) is 18.4 Å². The normalized spacial score (nSPS) is 17.3. The van der Waals surface area contributed by atoms with Crippen LogP contribution in [0.1, 0.15) is 59.8 Å². The SMILES string of the molecule is CC/C(C)=C/CC[C@](C)(O)[C@@H](O)CC/C(C)=C/C(=O)OC. The summed E-state index contributed by atoms with van der Waals surface area (Å²) in [4.78, 5) is 11.1. The highest BCUT2D eigenvalue weighted by Gasteiger charge is 2.29. The van der Waals surface area contributed by atoms with Gasteiger partial charge in [-0.25, -0.2) is 4.79 Å². The van der Waals surface area contributed by atoms with Gasteiger partial charge < -0.3 is 14.9 Å². The molecule has 0 bridgehead atoms. The molecule has 2 N–H and O–H groups in total. The van der Waals surface area contributed by atoms with Crippen molar-refractivity contribution in [1.82, 2.24) is 0 Å². The summed E-state index contributed by atoms with van der Waals surface area (Å²) < 4.78 is 4.55. The molecule has 0 aliphatic carbocycles. The topological polar surface area (TPSA) is 66.8 Å². The molecule has 0 spiro atoms. The van der Waals surface area contributed by atoms with Crippen molar-refractivity contribution in [2.75, 3.05) is 7.11 Å². The number of carbonyl (C=O) groups is 1. The van der Waals surface area contributed by atoms with Gasteiger partial charge in [-0.05, 0) is 52.9 Å². The smallest absolute Gasteiger partial charge is 0.330 e. The molecular weight excluding hydrogens is 268 g/mol. The minimum Gasteiger partial charge on any atom is -0.466 e. The van der Waals surface area contributed by atoms with E-state index in [2.05, 4.69) is 24.7 Å². The number of hydrogen-bond donors (Lipinski definition) is 2. The first-order chi connectivity index (χ1) is 9.72. The van der Waals surface area contributed by atoms with Crippen molar-refractivity contribution >= 4 is 5.97 Å². The van der Waals surface area contributed by atoms with Crippen LogP contribution in [0, 0.1) is 0 Å². The zero-order valence-corrected chi connectivity index (χ0v) is 14.0. The Labute approximate surface area is 128 Å². The standard InChI is InChI=1S/C17H30O4/c1-6-13(2)8-7-11-17(4,20)15(18)10-9-14(3)12-16(19)21-5/h8,12,15,18,20H,6-7,9-11H2,1-5H3/b13-8+,14-12+/t15-,17-/m0/s1. The predicted molar refractivity (Wildman–Crippen MR) is 84.9 cm³/mol. The van der Waals surface area contributed by atoms with Gasteiger partial charge in [-0.2, -0.15) is 0 Å². The molecule has 4 heteroatoms. The summed E-state index contributed by atoms with van der Waals surface area (Å²) in [5.74, 6) is -0.395. The van der Waals surface area contributed by atoms with Crippen molar-refractivity contribution in [3.05, 3.63) is 23.3 Å². The van der Waals surface area contributed by atoms with Crippen LogP contribution in [0.15, 0.2) is 23.3 Å². The fourth-order valence-electron chi connectivity index (χ4n) is 1.93. The summed E-state index contributed by atoms with van der Waals surface area (Å²) in [5.41, 5.74) is 1.01. The molecule has 122 valence electrons. The maximum atomic E-state index is 11.1. The molecule has 4 nitrogen and oxygen atoms in total. The summed E-state index contributed by atoms with van der Waals surface area (Å²) in [5, 5.41) is 20.4. The van der Waals surface area contributed by atoms with Gasteiger partial charge in [0.1, 0.15) is 0 Å². The first-order valence-corrected chi connectivity index (χ1v) is 7.54. The lowest BCUT2D eigenvalue weighted by molar-refractivity contribution is -0.134. The molecule has 0 aromatic carbocycles. The molecule has 0 aliphatic rings. The van der Waals surface area contributed by atoms with Crippen molar-refractivity contribution in [3.63, 3.8) is 0 Å². The Morgan fingerprint density at radius 1 is 1.33 bits per heavy atom. The first-order valence-electron chi connectivity index (χ1n) is 7.54. The van der Waals surface area contributed by atoms with E-state index in [1.54, 1.807) is 6.92 Å². The van der Waals surface area contributed by atoms with E-state index < -0.39 is 17.7 Å². The Hall–Kier alpha value is -1.13. The quantitative estimate of drug-likeness (QED) is 0.390. The highest BCUT2D eigenvalue weighted by molar-refractivity contribution is 5.82. The molecule has 0 unspecified atom stereocenters. The molecule has 21 heavy (non-hydrogen) atoms. The number of rotatable bonds is 9. The zero-order valence-electron chi connectivity index (χ0n) is 14.0. The van der Waals surface area contributed by atoms with Crippen molar-refractivity contribution in [3.8, 4) is 0 Å². The summed E-state index contributed by atoms with van der Waals surface area (Å²) in [6.07, 6.45) is 5.94. The van der Waals surface area contributed by atoms with Gasteiger partial charge in [0.2, 0.25) is 0 Å². The third-order valence-electron chi connectivity index (χ3n) is 3.80. The summed E-state index contributed by atoms with van der Waals surface area (Å²) in [6, 6.07) is 0. The van der Waals surface area contributed by atoms with Gasteiger partial charge in [-0.3, -0.25) is 0 Å². The number of aliphatic hydroxyl groups is 2. The third kappa shape index (κ3) is 8.68. The van der Waals surface area contributed by atoms with Gasteiger partial charge in [-0.1, -0.05) is 24.1 Å². The van der Waals surface area contributed by atoms with E-state index in [1.807, 2.05) is 6.92 Å². The van der Waals surface area contributed by atoms with Gasteiger partial charge >= 0.3 is 5.97 Å². The monoisotopic (exact) mass is 298 g/mol. The Balaban J connectivity index is 4.33. The molecule has 0 radical (unpaired) electrons. The Morgan fingerprint density at radius 3 is 2.48 bits per heavy atom. The Kier molecular flexibility index (Phi) is 9.22. The molecule has 0 aromatic heterocycles. The minimum atomic E-state index is -1.12. The molecule has 0 amide bonds. The van der Waals surface area contributed by atoms with Crippen molar-refractivity contribution in [2.45, 2.75) is 71.5 Å². The number of carbonyl (C=O) groups excluding carboxylic acids is 1. The van der Waals surface area contributed by atoms with Crippen LogP contribution in [-0.4, -0.2) is 35.0 Å². The minimum absolute atomic E-state index is 0.395. The average Bonchev–Trinajstić information content (AvgIpc) is 2.43. The number of allylic oxidation sites excluding steroid dienone is 3. The molecule has 0 saturated carbocycles. The molecule has 0 aliphatic heterocycles. The lowest BCUT2D eigenvalue weighted by atomic mass is 9.89. The maximum Gasteiger partial charge on any atom is 0.330 e. The lowest BCUT2D eigenvalue weighted by Gasteiger charge is -2.29. The van der Waals surface area contributed by atoms with Crippen LogP contribution in [0.5, 0.6) is 0 Å².